The number of fused-ring (bicyclic) bond motifs is 1. The minimum absolute atomic E-state index is 0.121. The second kappa shape index (κ2) is 3.59. The molecule has 0 aromatic rings. The van der Waals surface area contributed by atoms with Crippen molar-refractivity contribution in [2.45, 2.75) is 32.2 Å². The molecular formula is C10H16N2O2. The van der Waals surface area contributed by atoms with Crippen LogP contribution in [0.25, 0.3) is 0 Å². The molecule has 2 fully saturated rings. The van der Waals surface area contributed by atoms with E-state index >= 15 is 0 Å². The Balaban J connectivity index is 2.17. The molecule has 4 heteroatoms. The van der Waals surface area contributed by atoms with Crippen LogP contribution in [0.1, 0.15) is 26.2 Å². The molecule has 0 aliphatic carbocycles. The molecule has 0 spiro atoms. The number of rotatable bonds is 1. The number of hydrogen-bond acceptors (Lipinski definition) is 2. The van der Waals surface area contributed by atoms with Gasteiger partial charge in [0.05, 0.1) is 6.54 Å². The zero-order valence-corrected chi connectivity index (χ0v) is 8.53. The van der Waals surface area contributed by atoms with Crippen molar-refractivity contribution in [1.82, 2.24) is 9.80 Å². The van der Waals surface area contributed by atoms with Crippen LogP contribution in [0.4, 0.5) is 0 Å². The molecule has 2 heterocycles. The van der Waals surface area contributed by atoms with Crippen LogP contribution in [0.3, 0.4) is 0 Å². The minimum atomic E-state index is -0.148. The molecule has 0 N–H and O–H groups in total. The second-order valence-electron chi connectivity index (χ2n) is 3.95. The SMILES string of the molecule is CCN1CC(=O)N2CCCCC2C1=O. The number of hydrogen-bond donors (Lipinski definition) is 0. The zero-order chi connectivity index (χ0) is 10.1. The van der Waals surface area contributed by atoms with Gasteiger partial charge in [-0.2, -0.15) is 0 Å². The van der Waals surface area contributed by atoms with Crippen molar-refractivity contribution in [3.8, 4) is 0 Å². The summed E-state index contributed by atoms with van der Waals surface area (Å²) in [4.78, 5) is 27.0. The van der Waals surface area contributed by atoms with Crippen LogP contribution in [-0.4, -0.2) is 47.3 Å². The van der Waals surface area contributed by atoms with Gasteiger partial charge in [-0.3, -0.25) is 9.59 Å². The van der Waals surface area contributed by atoms with Gasteiger partial charge in [-0.05, 0) is 26.2 Å². The molecule has 0 aromatic heterocycles. The number of nitrogens with zero attached hydrogens (tertiary/aromatic N) is 2. The summed E-state index contributed by atoms with van der Waals surface area (Å²) < 4.78 is 0. The zero-order valence-electron chi connectivity index (χ0n) is 8.53. The third-order valence-electron chi connectivity index (χ3n) is 3.13. The molecule has 2 rings (SSSR count). The first-order valence-electron chi connectivity index (χ1n) is 5.32. The monoisotopic (exact) mass is 196 g/mol. The van der Waals surface area contributed by atoms with Crippen molar-refractivity contribution in [1.29, 1.82) is 0 Å². The van der Waals surface area contributed by atoms with Gasteiger partial charge in [0.1, 0.15) is 6.04 Å². The summed E-state index contributed by atoms with van der Waals surface area (Å²) in [6.07, 6.45) is 2.96. The second-order valence-corrected chi connectivity index (χ2v) is 3.95. The summed E-state index contributed by atoms with van der Waals surface area (Å²) in [6, 6.07) is -0.148. The Labute approximate surface area is 83.9 Å². The quantitative estimate of drug-likeness (QED) is 0.602. The van der Waals surface area contributed by atoms with Crippen molar-refractivity contribution >= 4 is 11.8 Å². The number of piperidine rings is 1. The van der Waals surface area contributed by atoms with E-state index in [1.54, 1.807) is 9.80 Å². The third kappa shape index (κ3) is 1.38. The van der Waals surface area contributed by atoms with Gasteiger partial charge >= 0.3 is 0 Å². The van der Waals surface area contributed by atoms with E-state index in [1.807, 2.05) is 6.92 Å². The predicted octanol–water partition coefficient (Wildman–Crippen LogP) is 0.230. The molecule has 1 atom stereocenters. The highest BCUT2D eigenvalue weighted by atomic mass is 16.2. The fourth-order valence-electron chi connectivity index (χ4n) is 2.30. The van der Waals surface area contributed by atoms with E-state index < -0.39 is 0 Å². The first-order chi connectivity index (χ1) is 6.74. The van der Waals surface area contributed by atoms with Gasteiger partial charge in [-0.25, -0.2) is 0 Å². The van der Waals surface area contributed by atoms with Crippen LogP contribution in [0.2, 0.25) is 0 Å². The number of carbonyl (C=O) groups excluding carboxylic acids is 2. The molecule has 0 radical (unpaired) electrons. The number of piperazine rings is 1. The Morgan fingerprint density at radius 3 is 2.86 bits per heavy atom. The van der Waals surface area contributed by atoms with Crippen molar-refractivity contribution < 1.29 is 9.59 Å². The van der Waals surface area contributed by atoms with Crippen molar-refractivity contribution in [2.75, 3.05) is 19.6 Å². The Bertz CT molecular complexity index is 265. The predicted molar refractivity (Wildman–Crippen MR) is 51.6 cm³/mol. The average molecular weight is 196 g/mol. The van der Waals surface area contributed by atoms with Crippen LogP contribution < -0.4 is 0 Å². The van der Waals surface area contributed by atoms with Gasteiger partial charge in [-0.15, -0.1) is 0 Å². The lowest BCUT2D eigenvalue weighted by Crippen LogP contribution is -2.61. The average Bonchev–Trinajstić information content (AvgIpc) is 2.23. The summed E-state index contributed by atoms with van der Waals surface area (Å²) in [5.74, 6) is 0.267. The molecular weight excluding hydrogens is 180 g/mol. The molecule has 2 aliphatic heterocycles. The normalized spacial score (nSPS) is 27.9. The van der Waals surface area contributed by atoms with E-state index in [4.69, 9.17) is 0 Å². The highest BCUT2D eigenvalue weighted by Crippen LogP contribution is 2.22. The summed E-state index contributed by atoms with van der Waals surface area (Å²) in [6.45, 7) is 3.62. The van der Waals surface area contributed by atoms with Gasteiger partial charge in [0.15, 0.2) is 0 Å². The Morgan fingerprint density at radius 1 is 1.36 bits per heavy atom. The minimum Gasteiger partial charge on any atom is -0.332 e. The largest absolute Gasteiger partial charge is 0.332 e. The molecule has 2 aliphatic rings. The van der Waals surface area contributed by atoms with Crippen LogP contribution in [-0.2, 0) is 9.59 Å². The third-order valence-corrected chi connectivity index (χ3v) is 3.13. The summed E-state index contributed by atoms with van der Waals surface area (Å²) in [5.41, 5.74) is 0. The van der Waals surface area contributed by atoms with E-state index in [0.29, 0.717) is 6.54 Å². The number of likely N-dealkylation sites (N-methyl/N-ethyl adjacent to an activating group) is 1. The molecule has 0 aromatic carbocycles. The topological polar surface area (TPSA) is 40.6 Å². The molecule has 2 amide bonds. The highest BCUT2D eigenvalue weighted by molar-refractivity contribution is 5.95. The van der Waals surface area contributed by atoms with Crippen LogP contribution in [0.15, 0.2) is 0 Å². The van der Waals surface area contributed by atoms with Crippen molar-refractivity contribution in [3.63, 3.8) is 0 Å². The lowest BCUT2D eigenvalue weighted by Gasteiger charge is -2.42. The van der Waals surface area contributed by atoms with Crippen molar-refractivity contribution in [3.05, 3.63) is 0 Å². The van der Waals surface area contributed by atoms with Gasteiger partial charge in [0.2, 0.25) is 11.8 Å². The van der Waals surface area contributed by atoms with Gasteiger partial charge in [0.25, 0.3) is 0 Å². The molecule has 2 saturated heterocycles. The Morgan fingerprint density at radius 2 is 2.14 bits per heavy atom. The molecule has 4 nitrogen and oxygen atoms in total. The van der Waals surface area contributed by atoms with Gasteiger partial charge in [0, 0.05) is 13.1 Å². The molecule has 0 saturated carbocycles. The van der Waals surface area contributed by atoms with Crippen LogP contribution >= 0.6 is 0 Å². The maximum Gasteiger partial charge on any atom is 0.245 e. The summed E-state index contributed by atoms with van der Waals surface area (Å²) in [5, 5.41) is 0. The van der Waals surface area contributed by atoms with Gasteiger partial charge in [-0.1, -0.05) is 0 Å². The first-order valence-corrected chi connectivity index (χ1v) is 5.32. The Kier molecular flexibility index (Phi) is 2.44. The van der Waals surface area contributed by atoms with Crippen LogP contribution in [0, 0.1) is 0 Å². The smallest absolute Gasteiger partial charge is 0.245 e. The highest BCUT2D eigenvalue weighted by Gasteiger charge is 2.39. The summed E-state index contributed by atoms with van der Waals surface area (Å²) in [7, 11) is 0. The first kappa shape index (κ1) is 9.49. The number of carbonyl (C=O) groups is 2. The molecule has 0 bridgehead atoms. The van der Waals surface area contributed by atoms with E-state index in [0.717, 1.165) is 25.8 Å². The van der Waals surface area contributed by atoms with E-state index in [-0.39, 0.29) is 24.4 Å². The summed E-state index contributed by atoms with van der Waals surface area (Å²) >= 11 is 0. The van der Waals surface area contributed by atoms with Crippen LogP contribution in [0.5, 0.6) is 0 Å². The fourth-order valence-corrected chi connectivity index (χ4v) is 2.30. The molecule has 1 unspecified atom stereocenters. The lowest BCUT2D eigenvalue weighted by molar-refractivity contribution is -0.157. The lowest BCUT2D eigenvalue weighted by atomic mass is 9.98. The maximum absolute atomic E-state index is 11.9. The molecule has 78 valence electrons. The maximum atomic E-state index is 11.9. The van der Waals surface area contributed by atoms with Crippen molar-refractivity contribution in [2.24, 2.45) is 0 Å². The standard InChI is InChI=1S/C10H16N2O2/c1-2-11-7-9(13)12-6-4-3-5-8(12)10(11)14/h8H,2-7H2,1H3. The van der Waals surface area contributed by atoms with E-state index in [9.17, 15) is 9.59 Å². The van der Waals surface area contributed by atoms with E-state index in [1.165, 1.54) is 0 Å². The fraction of sp³-hybridized carbons (Fsp3) is 0.800. The van der Waals surface area contributed by atoms with E-state index in [2.05, 4.69) is 0 Å². The van der Waals surface area contributed by atoms with Gasteiger partial charge < -0.3 is 9.80 Å². The Hall–Kier alpha value is -1.06. The number of amides is 2. The molecule has 14 heavy (non-hydrogen) atoms.